The van der Waals surface area contributed by atoms with Gasteiger partial charge in [-0.05, 0) is 32.0 Å². The molecule has 1 fully saturated rings. The molecule has 3 heterocycles. The Labute approximate surface area is 181 Å². The molecule has 1 aromatic carbocycles. The maximum atomic E-state index is 12.9. The number of hydrogen-bond acceptors (Lipinski definition) is 7. The minimum absolute atomic E-state index is 0.0476. The predicted molar refractivity (Wildman–Crippen MR) is 110 cm³/mol. The number of aromatic nitrogens is 3. The number of hydrogen-bond donors (Lipinski definition) is 1. The number of benzene rings is 1. The summed E-state index contributed by atoms with van der Waals surface area (Å²) in [4.78, 5) is 25.7. The van der Waals surface area contributed by atoms with Crippen LogP contribution in [0.5, 0.6) is 5.75 Å². The summed E-state index contributed by atoms with van der Waals surface area (Å²) in [5, 5.41) is 3.63. The molecule has 0 bridgehead atoms. The first kappa shape index (κ1) is 21.3. The number of halogens is 2. The Morgan fingerprint density at radius 3 is 2.52 bits per heavy atom. The van der Waals surface area contributed by atoms with E-state index in [1.165, 1.54) is 23.7 Å². The molecule has 1 aliphatic rings. The molecule has 1 N–H and O–H groups in total. The summed E-state index contributed by atoms with van der Waals surface area (Å²) < 4.78 is 36.4. The lowest BCUT2D eigenvalue weighted by Crippen LogP contribution is -2.38. The molecule has 3 aromatic rings. The normalized spacial score (nSPS) is 14.9. The fourth-order valence-corrected chi connectivity index (χ4v) is 3.68. The molecule has 1 aliphatic heterocycles. The highest BCUT2D eigenvalue weighted by Gasteiger charge is 2.22. The number of ether oxygens (including phenoxy) is 2. The monoisotopic (exact) mass is 446 g/mol. The Kier molecular flexibility index (Phi) is 6.19. The Bertz CT molecular complexity index is 1070. The van der Waals surface area contributed by atoms with Crippen molar-refractivity contribution in [2.24, 2.45) is 0 Å². The van der Waals surface area contributed by atoms with Crippen LogP contribution in [0.3, 0.4) is 0 Å². The lowest BCUT2D eigenvalue weighted by molar-refractivity contribution is -0.0796. The molecule has 162 valence electrons. The average Bonchev–Trinajstić information content (AvgIpc) is 3.17. The largest absolute Gasteiger partial charge is 0.486 e. The summed E-state index contributed by atoms with van der Waals surface area (Å²) in [5.74, 6) is -0.327. The van der Waals surface area contributed by atoms with E-state index in [9.17, 15) is 13.6 Å². The van der Waals surface area contributed by atoms with E-state index in [1.807, 2.05) is 13.0 Å². The number of alkyl halides is 2. The second-order valence-corrected chi connectivity index (χ2v) is 8.40. The van der Waals surface area contributed by atoms with Crippen LogP contribution in [0.15, 0.2) is 36.8 Å². The molecule has 1 amide bonds. The van der Waals surface area contributed by atoms with E-state index in [4.69, 9.17) is 9.47 Å². The van der Waals surface area contributed by atoms with E-state index in [0.717, 1.165) is 15.4 Å². The highest BCUT2D eigenvalue weighted by Crippen LogP contribution is 2.30. The second kappa shape index (κ2) is 9.03. The third-order valence-electron chi connectivity index (χ3n) is 4.68. The molecule has 10 heteroatoms. The quantitative estimate of drug-likeness (QED) is 0.588. The van der Waals surface area contributed by atoms with Crippen LogP contribution in [0.4, 0.5) is 8.78 Å². The first-order chi connectivity index (χ1) is 14.9. The van der Waals surface area contributed by atoms with Gasteiger partial charge in [-0.3, -0.25) is 4.79 Å². The van der Waals surface area contributed by atoms with Crippen molar-refractivity contribution < 1.29 is 23.0 Å². The Balaban J connectivity index is 1.56. The van der Waals surface area contributed by atoms with Crippen LogP contribution in [0.25, 0.3) is 10.6 Å². The average molecular weight is 446 g/mol. The number of thiazole rings is 1. The number of carbonyl (C=O) groups excluding carboxylic acids is 1. The lowest BCUT2D eigenvalue weighted by Gasteiger charge is -2.27. The number of aryl methyl sites for hydroxylation is 1. The fraction of sp³-hybridized carbons (Fsp3) is 0.333. The second-order valence-electron chi connectivity index (χ2n) is 7.17. The molecule has 0 saturated carbocycles. The summed E-state index contributed by atoms with van der Waals surface area (Å²) >= 11 is 1.52. The molecular weight excluding hydrogens is 426 g/mol. The molecule has 1 atom stereocenters. The first-order valence-electron chi connectivity index (χ1n) is 9.62. The molecule has 7 nitrogen and oxygen atoms in total. The van der Waals surface area contributed by atoms with Crippen LogP contribution in [-0.2, 0) is 4.74 Å². The number of amides is 1. The van der Waals surface area contributed by atoms with Crippen molar-refractivity contribution in [3.05, 3.63) is 58.6 Å². The van der Waals surface area contributed by atoms with E-state index in [2.05, 4.69) is 20.3 Å². The Hall–Kier alpha value is -2.98. The number of rotatable bonds is 7. The van der Waals surface area contributed by atoms with Gasteiger partial charge in [-0.25, -0.2) is 23.7 Å². The van der Waals surface area contributed by atoms with Crippen LogP contribution in [0.1, 0.15) is 46.0 Å². The van der Waals surface area contributed by atoms with Gasteiger partial charge < -0.3 is 14.8 Å². The van der Waals surface area contributed by atoms with Crippen molar-refractivity contribution in [1.82, 2.24) is 20.3 Å². The van der Waals surface area contributed by atoms with Crippen molar-refractivity contribution >= 4 is 17.2 Å². The summed E-state index contributed by atoms with van der Waals surface area (Å²) in [6, 6.07) is 4.80. The van der Waals surface area contributed by atoms with Gasteiger partial charge in [0, 0.05) is 40.2 Å². The zero-order valence-corrected chi connectivity index (χ0v) is 17.7. The van der Waals surface area contributed by atoms with E-state index in [0.29, 0.717) is 30.1 Å². The minimum atomic E-state index is -2.74. The molecule has 1 unspecified atom stereocenters. The van der Waals surface area contributed by atoms with Gasteiger partial charge >= 0.3 is 0 Å². The van der Waals surface area contributed by atoms with Crippen LogP contribution in [0, 0.1) is 6.92 Å². The highest BCUT2D eigenvalue weighted by atomic mass is 32.1. The van der Waals surface area contributed by atoms with Crippen LogP contribution in [0.2, 0.25) is 0 Å². The minimum Gasteiger partial charge on any atom is -0.486 e. The Morgan fingerprint density at radius 2 is 1.94 bits per heavy atom. The summed E-state index contributed by atoms with van der Waals surface area (Å²) in [5.41, 5.74) is 1.70. The number of nitrogens with one attached hydrogen (secondary N) is 1. The fourth-order valence-electron chi connectivity index (χ4n) is 2.93. The van der Waals surface area contributed by atoms with Gasteiger partial charge in [-0.15, -0.1) is 11.3 Å². The SMILES string of the molecule is Cc1cnc(-c2cc(OC3COC3)cc(C(=O)NC(C)c3cnc(C(F)F)nc3)c2)s1. The molecule has 0 aliphatic carbocycles. The molecule has 2 aromatic heterocycles. The van der Waals surface area contributed by atoms with Gasteiger partial charge in [-0.2, -0.15) is 0 Å². The summed E-state index contributed by atoms with van der Waals surface area (Å²) in [6.07, 6.45) is 1.57. The van der Waals surface area contributed by atoms with E-state index < -0.39 is 18.3 Å². The van der Waals surface area contributed by atoms with Crippen molar-refractivity contribution in [3.8, 4) is 16.3 Å². The molecular formula is C21H20F2N4O3S. The molecule has 31 heavy (non-hydrogen) atoms. The topological polar surface area (TPSA) is 86.2 Å². The maximum absolute atomic E-state index is 12.9. The smallest absolute Gasteiger partial charge is 0.297 e. The van der Waals surface area contributed by atoms with E-state index >= 15 is 0 Å². The van der Waals surface area contributed by atoms with Gasteiger partial charge in [0.15, 0.2) is 5.82 Å². The van der Waals surface area contributed by atoms with Crippen LogP contribution >= 0.6 is 11.3 Å². The van der Waals surface area contributed by atoms with Gasteiger partial charge in [0.2, 0.25) is 0 Å². The van der Waals surface area contributed by atoms with E-state index in [1.54, 1.807) is 25.3 Å². The lowest BCUT2D eigenvalue weighted by atomic mass is 10.1. The van der Waals surface area contributed by atoms with Crippen LogP contribution in [-0.4, -0.2) is 40.2 Å². The standard InChI is InChI=1S/C21H20F2N4O3S/c1-11-6-26-21(31-11)14-3-13(4-16(5-14)30-17-9-29-10-17)20(28)27-12(2)15-7-24-19(18(22)23)25-8-15/h3-8,12,17-18H,9-10H2,1-2H3,(H,27,28). The first-order valence-corrected chi connectivity index (χ1v) is 10.4. The predicted octanol–water partition coefficient (Wildman–Crippen LogP) is 4.11. The van der Waals surface area contributed by atoms with Crippen molar-refractivity contribution in [2.75, 3.05) is 13.2 Å². The molecule has 4 rings (SSSR count). The number of nitrogens with zero attached hydrogens (tertiary/aromatic N) is 3. The van der Waals surface area contributed by atoms with Crippen molar-refractivity contribution in [2.45, 2.75) is 32.4 Å². The molecule has 0 radical (unpaired) electrons. The van der Waals surface area contributed by atoms with Crippen molar-refractivity contribution in [3.63, 3.8) is 0 Å². The zero-order chi connectivity index (χ0) is 22.0. The summed E-state index contributed by atoms with van der Waals surface area (Å²) in [6.45, 7) is 4.71. The molecule has 1 saturated heterocycles. The van der Waals surface area contributed by atoms with Gasteiger partial charge in [-0.1, -0.05) is 0 Å². The van der Waals surface area contributed by atoms with Crippen LogP contribution < -0.4 is 10.1 Å². The third-order valence-corrected chi connectivity index (χ3v) is 5.64. The number of carbonyl (C=O) groups is 1. The summed E-state index contributed by atoms with van der Waals surface area (Å²) in [7, 11) is 0. The van der Waals surface area contributed by atoms with Gasteiger partial charge in [0.25, 0.3) is 12.3 Å². The maximum Gasteiger partial charge on any atom is 0.297 e. The Morgan fingerprint density at radius 1 is 1.19 bits per heavy atom. The van der Waals surface area contributed by atoms with Crippen molar-refractivity contribution in [1.29, 1.82) is 0 Å². The van der Waals surface area contributed by atoms with Gasteiger partial charge in [0.1, 0.15) is 16.9 Å². The third kappa shape index (κ3) is 5.02. The van der Waals surface area contributed by atoms with Gasteiger partial charge in [0.05, 0.1) is 19.3 Å². The highest BCUT2D eigenvalue weighted by molar-refractivity contribution is 7.14. The zero-order valence-electron chi connectivity index (χ0n) is 16.8. The molecule has 0 spiro atoms. The van der Waals surface area contributed by atoms with E-state index in [-0.39, 0.29) is 12.0 Å².